The Morgan fingerprint density at radius 1 is 1.31 bits per heavy atom. The normalized spacial score (nSPS) is 16.3. The second-order valence-corrected chi connectivity index (χ2v) is 7.39. The SMILES string of the molecule is CN1CCC(C(C)(C)C#Cc2cc3ncnc(O)c3cc2[N+](=O)[O-])CC1. The van der Waals surface area contributed by atoms with Crippen LogP contribution in [0.4, 0.5) is 5.69 Å². The van der Waals surface area contributed by atoms with Crippen molar-refractivity contribution in [3.05, 3.63) is 34.1 Å². The van der Waals surface area contributed by atoms with Gasteiger partial charge < -0.3 is 10.0 Å². The first-order valence-corrected chi connectivity index (χ1v) is 8.62. The Balaban J connectivity index is 1.99. The molecule has 0 amide bonds. The molecule has 1 saturated heterocycles. The Bertz CT molecular complexity index is 906. The third-order valence-electron chi connectivity index (χ3n) is 5.19. The molecule has 0 bridgehead atoms. The minimum absolute atomic E-state index is 0.144. The van der Waals surface area contributed by atoms with Gasteiger partial charge in [0.15, 0.2) is 0 Å². The van der Waals surface area contributed by atoms with Gasteiger partial charge in [-0.15, -0.1) is 0 Å². The average molecular weight is 354 g/mol. The summed E-state index contributed by atoms with van der Waals surface area (Å²) in [4.78, 5) is 21.0. The van der Waals surface area contributed by atoms with Gasteiger partial charge >= 0.3 is 0 Å². The number of fused-ring (bicyclic) bond motifs is 1. The number of hydrogen-bond acceptors (Lipinski definition) is 6. The van der Waals surface area contributed by atoms with E-state index in [1.54, 1.807) is 6.07 Å². The van der Waals surface area contributed by atoms with Gasteiger partial charge in [-0.2, -0.15) is 0 Å². The maximum Gasteiger partial charge on any atom is 0.285 e. The molecule has 0 saturated carbocycles. The van der Waals surface area contributed by atoms with Gasteiger partial charge in [0, 0.05) is 11.5 Å². The van der Waals surface area contributed by atoms with E-state index in [0.717, 1.165) is 25.9 Å². The van der Waals surface area contributed by atoms with Crippen molar-refractivity contribution in [1.82, 2.24) is 14.9 Å². The summed E-state index contributed by atoms with van der Waals surface area (Å²) in [5.41, 5.74) is 0.359. The van der Waals surface area contributed by atoms with E-state index in [9.17, 15) is 15.2 Å². The monoisotopic (exact) mass is 354 g/mol. The molecular formula is C19H22N4O3. The number of benzene rings is 1. The highest BCUT2D eigenvalue weighted by Gasteiger charge is 2.30. The van der Waals surface area contributed by atoms with E-state index in [2.05, 4.69) is 47.6 Å². The number of aromatic nitrogens is 2. The Morgan fingerprint density at radius 2 is 2.00 bits per heavy atom. The highest BCUT2D eigenvalue weighted by molar-refractivity contribution is 5.87. The highest BCUT2D eigenvalue weighted by Crippen LogP contribution is 2.35. The van der Waals surface area contributed by atoms with Crippen molar-refractivity contribution < 1.29 is 10.0 Å². The van der Waals surface area contributed by atoms with Crippen LogP contribution >= 0.6 is 0 Å². The molecule has 1 aliphatic rings. The van der Waals surface area contributed by atoms with E-state index in [1.165, 1.54) is 12.4 Å². The number of aromatic hydroxyl groups is 1. The van der Waals surface area contributed by atoms with E-state index in [1.807, 2.05) is 0 Å². The smallest absolute Gasteiger partial charge is 0.285 e. The van der Waals surface area contributed by atoms with Crippen LogP contribution in [0.3, 0.4) is 0 Å². The summed E-state index contributed by atoms with van der Waals surface area (Å²) < 4.78 is 0. The van der Waals surface area contributed by atoms with Crippen LogP contribution in [0.2, 0.25) is 0 Å². The Hall–Kier alpha value is -2.72. The van der Waals surface area contributed by atoms with Crippen LogP contribution in [0.15, 0.2) is 18.5 Å². The lowest BCUT2D eigenvalue weighted by Gasteiger charge is -2.36. The summed E-state index contributed by atoms with van der Waals surface area (Å²) in [6, 6.07) is 2.84. The topological polar surface area (TPSA) is 92.4 Å². The predicted molar refractivity (Wildman–Crippen MR) is 98.7 cm³/mol. The Morgan fingerprint density at radius 3 is 2.65 bits per heavy atom. The van der Waals surface area contributed by atoms with Crippen LogP contribution in [0.25, 0.3) is 10.9 Å². The summed E-state index contributed by atoms with van der Waals surface area (Å²) in [6.45, 7) is 6.28. The molecule has 26 heavy (non-hydrogen) atoms. The molecule has 7 nitrogen and oxygen atoms in total. The first-order chi connectivity index (χ1) is 12.3. The molecule has 0 spiro atoms. The fourth-order valence-corrected chi connectivity index (χ4v) is 3.39. The fraction of sp³-hybridized carbons (Fsp3) is 0.474. The first-order valence-electron chi connectivity index (χ1n) is 8.62. The third-order valence-corrected chi connectivity index (χ3v) is 5.19. The molecule has 0 radical (unpaired) electrons. The van der Waals surface area contributed by atoms with Crippen LogP contribution in [0.1, 0.15) is 32.3 Å². The standard InChI is InChI=1S/C19H22N4O3/c1-19(2,14-5-8-22(3)9-6-14)7-4-13-10-16-15(11-17(13)23(25)26)18(24)21-12-20-16/h10-12,14H,5-6,8-9H2,1-3H3,(H,20,21,24). The van der Waals surface area contributed by atoms with E-state index in [4.69, 9.17) is 0 Å². The number of nitro benzene ring substituents is 1. The van der Waals surface area contributed by atoms with Crippen molar-refractivity contribution in [2.75, 3.05) is 20.1 Å². The Kier molecular flexibility index (Phi) is 4.79. The molecule has 0 atom stereocenters. The van der Waals surface area contributed by atoms with Crippen molar-refractivity contribution in [3.8, 4) is 17.7 Å². The van der Waals surface area contributed by atoms with E-state index in [-0.39, 0.29) is 22.4 Å². The van der Waals surface area contributed by atoms with E-state index >= 15 is 0 Å². The summed E-state index contributed by atoms with van der Waals surface area (Å²) in [6.07, 6.45) is 3.36. The summed E-state index contributed by atoms with van der Waals surface area (Å²) in [5, 5.41) is 21.5. The van der Waals surface area contributed by atoms with Crippen molar-refractivity contribution in [3.63, 3.8) is 0 Å². The molecule has 1 aromatic carbocycles. The minimum Gasteiger partial charge on any atom is -0.493 e. The minimum atomic E-state index is -0.488. The van der Waals surface area contributed by atoms with Gasteiger partial charge in [-0.25, -0.2) is 9.97 Å². The molecule has 7 heteroatoms. The first kappa shape index (κ1) is 18.1. The third kappa shape index (κ3) is 3.60. The van der Waals surface area contributed by atoms with Gasteiger partial charge in [0.2, 0.25) is 5.88 Å². The lowest BCUT2D eigenvalue weighted by Crippen LogP contribution is -2.36. The van der Waals surface area contributed by atoms with Crippen LogP contribution in [-0.4, -0.2) is 45.0 Å². The van der Waals surface area contributed by atoms with Gasteiger partial charge in [-0.3, -0.25) is 10.1 Å². The van der Waals surface area contributed by atoms with Gasteiger partial charge in [-0.1, -0.05) is 11.8 Å². The van der Waals surface area contributed by atoms with Crippen molar-refractivity contribution in [2.45, 2.75) is 26.7 Å². The molecule has 1 N–H and O–H groups in total. The molecule has 1 fully saturated rings. The maximum absolute atomic E-state index is 11.4. The van der Waals surface area contributed by atoms with Gasteiger partial charge in [0.25, 0.3) is 5.69 Å². The molecule has 2 heterocycles. The van der Waals surface area contributed by atoms with Gasteiger partial charge in [-0.05, 0) is 58.8 Å². The number of piperidine rings is 1. The number of rotatable bonds is 2. The molecular weight excluding hydrogens is 332 g/mol. The zero-order valence-electron chi connectivity index (χ0n) is 15.2. The predicted octanol–water partition coefficient (Wildman–Crippen LogP) is 2.96. The van der Waals surface area contributed by atoms with E-state index < -0.39 is 4.92 Å². The number of hydrogen-bond donors (Lipinski definition) is 1. The average Bonchev–Trinajstić information content (AvgIpc) is 2.60. The number of nitro groups is 1. The second kappa shape index (κ2) is 6.89. The molecule has 3 rings (SSSR count). The Labute approximate surface area is 152 Å². The van der Waals surface area contributed by atoms with Crippen LogP contribution in [-0.2, 0) is 0 Å². The van der Waals surface area contributed by atoms with Crippen molar-refractivity contribution >= 4 is 16.6 Å². The molecule has 0 unspecified atom stereocenters. The molecule has 0 aliphatic carbocycles. The largest absolute Gasteiger partial charge is 0.493 e. The molecule has 1 aliphatic heterocycles. The second-order valence-electron chi connectivity index (χ2n) is 7.39. The van der Waals surface area contributed by atoms with Crippen molar-refractivity contribution in [2.24, 2.45) is 11.3 Å². The maximum atomic E-state index is 11.4. The molecule has 136 valence electrons. The van der Waals surface area contributed by atoms with Crippen LogP contribution < -0.4 is 0 Å². The zero-order valence-corrected chi connectivity index (χ0v) is 15.2. The van der Waals surface area contributed by atoms with Gasteiger partial charge in [0.1, 0.15) is 11.9 Å². The molecule has 1 aromatic heterocycles. The summed E-state index contributed by atoms with van der Waals surface area (Å²) >= 11 is 0. The zero-order chi connectivity index (χ0) is 18.9. The number of nitrogens with zero attached hydrogens (tertiary/aromatic N) is 4. The highest BCUT2D eigenvalue weighted by atomic mass is 16.6. The molecule has 2 aromatic rings. The quantitative estimate of drug-likeness (QED) is 0.506. The van der Waals surface area contributed by atoms with Crippen molar-refractivity contribution in [1.29, 1.82) is 0 Å². The summed E-state index contributed by atoms with van der Waals surface area (Å²) in [7, 11) is 2.12. The lowest BCUT2D eigenvalue weighted by molar-refractivity contribution is -0.385. The lowest BCUT2D eigenvalue weighted by atomic mass is 9.74. The van der Waals surface area contributed by atoms with Crippen LogP contribution in [0, 0.1) is 33.3 Å². The van der Waals surface area contributed by atoms with Gasteiger partial charge in [0.05, 0.1) is 15.8 Å². The fourth-order valence-electron chi connectivity index (χ4n) is 3.39. The van der Waals surface area contributed by atoms with Crippen LogP contribution in [0.5, 0.6) is 5.88 Å². The summed E-state index contributed by atoms with van der Waals surface area (Å²) in [5.74, 6) is 6.45. The number of likely N-dealkylation sites (tertiary alicyclic amines) is 1. The van der Waals surface area contributed by atoms with E-state index in [0.29, 0.717) is 17.0 Å².